The number of aryl methyl sites for hydroxylation is 2. The predicted molar refractivity (Wildman–Crippen MR) is 85.0 cm³/mol. The van der Waals surface area contributed by atoms with Crippen molar-refractivity contribution in [3.05, 3.63) is 65.0 Å². The van der Waals surface area contributed by atoms with Gasteiger partial charge in [0.1, 0.15) is 11.2 Å². The number of halogens is 1. The molecule has 1 aliphatic rings. The molecule has 2 aromatic carbocycles. The van der Waals surface area contributed by atoms with Gasteiger partial charge in [-0.15, -0.1) is 11.8 Å². The molecule has 0 N–H and O–H groups in total. The first kappa shape index (κ1) is 14.1. The maximum absolute atomic E-state index is 13.5. The molecule has 0 bridgehead atoms. The highest BCUT2D eigenvalue weighted by Crippen LogP contribution is 2.42. The molecule has 4 heteroatoms. The summed E-state index contributed by atoms with van der Waals surface area (Å²) in [4.78, 5) is 14.1. The Kier molecular flexibility index (Phi) is 3.72. The van der Waals surface area contributed by atoms with Crippen LogP contribution in [0.3, 0.4) is 0 Å². The molecule has 21 heavy (non-hydrogen) atoms. The zero-order valence-electron chi connectivity index (χ0n) is 12.0. The Morgan fingerprint density at radius 1 is 1.14 bits per heavy atom. The summed E-state index contributed by atoms with van der Waals surface area (Å²) < 4.78 is 13.5. The number of hydrogen-bond donors (Lipinski definition) is 0. The molecule has 0 radical (unpaired) electrons. The number of hydrogen-bond acceptors (Lipinski definition) is 2. The zero-order valence-corrected chi connectivity index (χ0v) is 12.8. The smallest absolute Gasteiger partial charge is 0.238 e. The summed E-state index contributed by atoms with van der Waals surface area (Å²) in [5.74, 6) is 0.223. The number of carbonyl (C=O) groups excluding carboxylic acids is 1. The number of rotatable bonds is 2. The Hall–Kier alpha value is -1.81. The van der Waals surface area contributed by atoms with E-state index in [1.807, 2.05) is 32.0 Å². The summed E-state index contributed by atoms with van der Waals surface area (Å²) in [6, 6.07) is 12.6. The molecule has 1 fully saturated rings. The molecule has 2 aromatic rings. The first-order chi connectivity index (χ1) is 10.0. The molecule has 1 saturated heterocycles. The lowest BCUT2D eigenvalue weighted by atomic mass is 10.1. The number of nitrogens with zero attached hydrogens (tertiary/aromatic N) is 1. The van der Waals surface area contributed by atoms with Crippen LogP contribution in [0.15, 0.2) is 42.5 Å². The molecule has 0 aliphatic carbocycles. The van der Waals surface area contributed by atoms with Gasteiger partial charge in [0.15, 0.2) is 0 Å². The van der Waals surface area contributed by atoms with Gasteiger partial charge < -0.3 is 0 Å². The van der Waals surface area contributed by atoms with Gasteiger partial charge >= 0.3 is 0 Å². The van der Waals surface area contributed by atoms with Gasteiger partial charge in [0.2, 0.25) is 5.91 Å². The van der Waals surface area contributed by atoms with Crippen LogP contribution in [0.2, 0.25) is 0 Å². The topological polar surface area (TPSA) is 20.3 Å². The van der Waals surface area contributed by atoms with Crippen LogP contribution >= 0.6 is 11.8 Å². The van der Waals surface area contributed by atoms with Crippen molar-refractivity contribution >= 4 is 23.4 Å². The third-order valence-electron chi connectivity index (χ3n) is 3.49. The van der Waals surface area contributed by atoms with Crippen LogP contribution in [-0.2, 0) is 4.79 Å². The van der Waals surface area contributed by atoms with E-state index in [0.717, 1.165) is 22.4 Å². The van der Waals surface area contributed by atoms with Crippen molar-refractivity contribution < 1.29 is 9.18 Å². The molecule has 0 saturated carbocycles. The quantitative estimate of drug-likeness (QED) is 0.827. The summed E-state index contributed by atoms with van der Waals surface area (Å²) in [5.41, 5.74) is 3.95. The van der Waals surface area contributed by atoms with Crippen LogP contribution in [0.1, 0.15) is 22.1 Å². The summed E-state index contributed by atoms with van der Waals surface area (Å²) >= 11 is 1.54. The molecule has 108 valence electrons. The fourth-order valence-corrected chi connectivity index (χ4v) is 3.87. The van der Waals surface area contributed by atoms with E-state index in [4.69, 9.17) is 0 Å². The van der Waals surface area contributed by atoms with Crippen molar-refractivity contribution in [2.75, 3.05) is 10.7 Å². The van der Waals surface area contributed by atoms with Crippen molar-refractivity contribution in [1.29, 1.82) is 0 Å². The van der Waals surface area contributed by atoms with Crippen molar-refractivity contribution in [1.82, 2.24) is 0 Å². The monoisotopic (exact) mass is 301 g/mol. The number of benzene rings is 2. The highest BCUT2D eigenvalue weighted by molar-refractivity contribution is 8.00. The fourth-order valence-electron chi connectivity index (χ4n) is 2.70. The zero-order chi connectivity index (χ0) is 15.0. The van der Waals surface area contributed by atoms with E-state index in [2.05, 4.69) is 6.07 Å². The highest BCUT2D eigenvalue weighted by atomic mass is 32.2. The molecule has 2 nitrogen and oxygen atoms in total. The van der Waals surface area contributed by atoms with Gasteiger partial charge in [-0.1, -0.05) is 18.2 Å². The molecule has 1 heterocycles. The first-order valence-electron chi connectivity index (χ1n) is 6.82. The minimum absolute atomic E-state index is 0.0688. The van der Waals surface area contributed by atoms with Crippen LogP contribution in [0, 0.1) is 19.7 Å². The average molecular weight is 301 g/mol. The second kappa shape index (κ2) is 5.53. The lowest BCUT2D eigenvalue weighted by Crippen LogP contribution is -2.28. The van der Waals surface area contributed by atoms with E-state index in [0.29, 0.717) is 5.75 Å². The molecule has 3 rings (SSSR count). The molecular formula is C17H16FNOS. The standard InChI is InChI=1S/C17H16FNOS/c1-11-6-12(2)8-15(7-11)19-16(20)10-21-17(19)13-4-3-5-14(18)9-13/h3-9,17H,10H2,1-2H3. The minimum atomic E-state index is -0.271. The van der Waals surface area contributed by atoms with Gasteiger partial charge in [0.25, 0.3) is 0 Å². The summed E-state index contributed by atoms with van der Waals surface area (Å²) in [6.45, 7) is 4.03. The molecule has 1 aliphatic heterocycles. The van der Waals surface area contributed by atoms with Gasteiger partial charge in [-0.05, 0) is 54.8 Å². The van der Waals surface area contributed by atoms with E-state index in [1.165, 1.54) is 23.9 Å². The summed E-state index contributed by atoms with van der Waals surface area (Å²) in [7, 11) is 0. The van der Waals surface area contributed by atoms with Crippen LogP contribution in [0.25, 0.3) is 0 Å². The molecular weight excluding hydrogens is 285 g/mol. The SMILES string of the molecule is Cc1cc(C)cc(N2C(=O)CSC2c2cccc(F)c2)c1. The Morgan fingerprint density at radius 3 is 2.52 bits per heavy atom. The van der Waals surface area contributed by atoms with E-state index in [9.17, 15) is 9.18 Å². The van der Waals surface area contributed by atoms with Gasteiger partial charge in [-0.2, -0.15) is 0 Å². The Balaban J connectivity index is 2.03. The molecule has 0 aromatic heterocycles. The Bertz CT molecular complexity index is 681. The maximum Gasteiger partial charge on any atom is 0.238 e. The number of thioether (sulfide) groups is 1. The molecule has 0 spiro atoms. The molecule has 1 unspecified atom stereocenters. The highest BCUT2D eigenvalue weighted by Gasteiger charge is 2.34. The largest absolute Gasteiger partial charge is 0.295 e. The molecule has 1 amide bonds. The van der Waals surface area contributed by atoms with Gasteiger partial charge in [-0.3, -0.25) is 9.69 Å². The van der Waals surface area contributed by atoms with Crippen LogP contribution in [0.5, 0.6) is 0 Å². The van der Waals surface area contributed by atoms with Crippen LogP contribution < -0.4 is 4.90 Å². The third-order valence-corrected chi connectivity index (χ3v) is 4.70. The fraction of sp³-hybridized carbons (Fsp3) is 0.235. The summed E-state index contributed by atoms with van der Waals surface area (Å²) in [5, 5.41) is -0.158. The summed E-state index contributed by atoms with van der Waals surface area (Å²) in [6.07, 6.45) is 0. The van der Waals surface area contributed by atoms with Crippen molar-refractivity contribution in [2.45, 2.75) is 19.2 Å². The number of amides is 1. The molecule has 1 atom stereocenters. The van der Waals surface area contributed by atoms with E-state index in [1.54, 1.807) is 11.0 Å². The van der Waals surface area contributed by atoms with Gasteiger partial charge in [0, 0.05) is 5.69 Å². The predicted octanol–water partition coefficient (Wildman–Crippen LogP) is 4.22. The van der Waals surface area contributed by atoms with E-state index < -0.39 is 0 Å². The van der Waals surface area contributed by atoms with E-state index >= 15 is 0 Å². The van der Waals surface area contributed by atoms with Crippen molar-refractivity contribution in [3.8, 4) is 0 Å². The van der Waals surface area contributed by atoms with Gasteiger partial charge in [-0.25, -0.2) is 4.39 Å². The maximum atomic E-state index is 13.5. The van der Waals surface area contributed by atoms with Crippen molar-refractivity contribution in [3.63, 3.8) is 0 Å². The van der Waals surface area contributed by atoms with E-state index in [-0.39, 0.29) is 17.1 Å². The lowest BCUT2D eigenvalue weighted by Gasteiger charge is -2.25. The Morgan fingerprint density at radius 2 is 1.86 bits per heavy atom. The average Bonchev–Trinajstić information content (AvgIpc) is 2.79. The number of carbonyl (C=O) groups is 1. The second-order valence-electron chi connectivity index (χ2n) is 5.33. The first-order valence-corrected chi connectivity index (χ1v) is 7.87. The van der Waals surface area contributed by atoms with Crippen LogP contribution in [-0.4, -0.2) is 11.7 Å². The number of anilines is 1. The second-order valence-corrected chi connectivity index (χ2v) is 6.40. The normalized spacial score (nSPS) is 18.3. The third kappa shape index (κ3) is 2.81. The minimum Gasteiger partial charge on any atom is -0.295 e. The lowest BCUT2D eigenvalue weighted by molar-refractivity contribution is -0.115. The van der Waals surface area contributed by atoms with Crippen molar-refractivity contribution in [2.24, 2.45) is 0 Å². The Labute approximate surface area is 128 Å². The van der Waals surface area contributed by atoms with Crippen LogP contribution in [0.4, 0.5) is 10.1 Å². The van der Waals surface area contributed by atoms with Gasteiger partial charge in [0.05, 0.1) is 5.75 Å².